The fraction of sp³-hybridized carbons (Fsp3) is 0.364. The maximum absolute atomic E-state index is 11.7. The van der Waals surface area contributed by atoms with Gasteiger partial charge in [-0.2, -0.15) is 0 Å². The first kappa shape index (κ1) is 13.3. The van der Waals surface area contributed by atoms with Crippen LogP contribution in [0.4, 0.5) is 5.69 Å². The van der Waals surface area contributed by atoms with Gasteiger partial charge < -0.3 is 26.4 Å². The molecule has 94 valence electrons. The molecule has 0 saturated heterocycles. The molecule has 1 atom stereocenters. The predicted octanol–water partition coefficient (Wildman–Crippen LogP) is -0.553. The van der Waals surface area contributed by atoms with Crippen molar-refractivity contribution in [3.05, 3.63) is 23.8 Å². The maximum Gasteiger partial charge on any atom is 0.253 e. The number of anilines is 1. The summed E-state index contributed by atoms with van der Waals surface area (Å²) in [6.45, 7) is 0.805. The average Bonchev–Trinajstić information content (AvgIpc) is 2.29. The van der Waals surface area contributed by atoms with Crippen molar-refractivity contribution < 1.29 is 20.1 Å². The second-order valence-electron chi connectivity index (χ2n) is 4.11. The number of rotatable bonds is 4. The van der Waals surface area contributed by atoms with Gasteiger partial charge in [0.25, 0.3) is 5.91 Å². The zero-order valence-electron chi connectivity index (χ0n) is 9.47. The summed E-state index contributed by atoms with van der Waals surface area (Å²) in [4.78, 5) is 11.7. The quantitative estimate of drug-likeness (QED) is 0.357. The molecule has 1 aromatic carbocycles. The number of nitrogen functional groups attached to an aromatic ring is 1. The largest absolute Gasteiger partial charge is 0.508 e. The summed E-state index contributed by atoms with van der Waals surface area (Å²) in [5, 5.41) is 30.0. The van der Waals surface area contributed by atoms with E-state index in [-0.39, 0.29) is 23.5 Å². The molecule has 1 unspecified atom stereocenters. The maximum atomic E-state index is 11.7. The first-order chi connectivity index (χ1) is 7.85. The lowest BCUT2D eigenvalue weighted by atomic mass is 10.1. The normalized spacial score (nSPS) is 14.1. The van der Waals surface area contributed by atoms with Crippen molar-refractivity contribution in [2.24, 2.45) is 0 Å². The highest BCUT2D eigenvalue weighted by molar-refractivity contribution is 5.99. The summed E-state index contributed by atoms with van der Waals surface area (Å²) in [5.74, 6) is -0.592. The van der Waals surface area contributed by atoms with E-state index in [0.717, 1.165) is 0 Å². The molecule has 1 amide bonds. The Morgan fingerprint density at radius 2 is 2.18 bits per heavy atom. The van der Waals surface area contributed by atoms with Crippen LogP contribution < -0.4 is 11.1 Å². The number of carbonyl (C=O) groups excluding carboxylic acids is 1. The van der Waals surface area contributed by atoms with E-state index < -0.39 is 18.1 Å². The van der Waals surface area contributed by atoms with E-state index in [1.807, 2.05) is 0 Å². The smallest absolute Gasteiger partial charge is 0.253 e. The van der Waals surface area contributed by atoms with Crippen LogP contribution in [0, 0.1) is 0 Å². The zero-order chi connectivity index (χ0) is 13.1. The number of nitrogens with one attached hydrogen (secondary N) is 1. The van der Waals surface area contributed by atoms with Gasteiger partial charge >= 0.3 is 0 Å². The minimum atomic E-state index is -1.39. The molecule has 0 heterocycles. The number of carbonyl (C=O) groups is 1. The van der Waals surface area contributed by atoms with Crippen molar-refractivity contribution in [3.63, 3.8) is 0 Å². The Labute approximate surface area is 98.7 Å². The molecule has 6 heteroatoms. The van der Waals surface area contributed by atoms with Gasteiger partial charge in [-0.05, 0) is 25.1 Å². The van der Waals surface area contributed by atoms with Crippen molar-refractivity contribution in [1.82, 2.24) is 5.32 Å². The number of aromatic hydroxyl groups is 1. The van der Waals surface area contributed by atoms with Crippen LogP contribution in [0.5, 0.6) is 5.75 Å². The Balaban J connectivity index is 2.74. The Morgan fingerprint density at radius 3 is 2.76 bits per heavy atom. The van der Waals surface area contributed by atoms with Crippen LogP contribution in [0.15, 0.2) is 18.2 Å². The molecule has 1 rings (SSSR count). The highest BCUT2D eigenvalue weighted by atomic mass is 16.3. The zero-order valence-corrected chi connectivity index (χ0v) is 9.47. The van der Waals surface area contributed by atoms with Crippen LogP contribution in [0.2, 0.25) is 0 Å². The van der Waals surface area contributed by atoms with Crippen molar-refractivity contribution in [3.8, 4) is 5.75 Å². The van der Waals surface area contributed by atoms with E-state index in [1.165, 1.54) is 25.1 Å². The van der Waals surface area contributed by atoms with E-state index in [0.29, 0.717) is 0 Å². The molecule has 0 aliphatic carbocycles. The van der Waals surface area contributed by atoms with E-state index in [1.54, 1.807) is 0 Å². The topological polar surface area (TPSA) is 116 Å². The van der Waals surface area contributed by atoms with Gasteiger partial charge in [-0.15, -0.1) is 0 Å². The van der Waals surface area contributed by atoms with Gasteiger partial charge in [-0.3, -0.25) is 4.79 Å². The average molecular weight is 240 g/mol. The molecule has 17 heavy (non-hydrogen) atoms. The molecule has 0 fully saturated rings. The number of benzene rings is 1. The Hall–Kier alpha value is -1.79. The fourth-order valence-electron chi connectivity index (χ4n) is 1.16. The van der Waals surface area contributed by atoms with Gasteiger partial charge in [-0.25, -0.2) is 0 Å². The monoisotopic (exact) mass is 240 g/mol. The first-order valence-electron chi connectivity index (χ1n) is 5.05. The molecule has 6 N–H and O–H groups in total. The lowest BCUT2D eigenvalue weighted by Gasteiger charge is -2.20. The molecule has 0 spiro atoms. The van der Waals surface area contributed by atoms with Crippen LogP contribution in [-0.4, -0.2) is 40.0 Å². The molecule has 0 aliphatic rings. The minimum absolute atomic E-state index is 0.0710. The van der Waals surface area contributed by atoms with Crippen LogP contribution in [0.3, 0.4) is 0 Å². The minimum Gasteiger partial charge on any atom is -0.508 e. The van der Waals surface area contributed by atoms with Gasteiger partial charge in [0, 0.05) is 12.2 Å². The molecule has 0 aromatic heterocycles. The van der Waals surface area contributed by atoms with Crippen LogP contribution in [0.25, 0.3) is 0 Å². The predicted molar refractivity (Wildman–Crippen MR) is 62.6 cm³/mol. The Bertz CT molecular complexity index is 418. The number of phenolic OH excluding ortho intramolecular Hbond substituents is 1. The number of hydrogen-bond acceptors (Lipinski definition) is 5. The summed E-state index contributed by atoms with van der Waals surface area (Å²) in [5.41, 5.74) is 4.54. The van der Waals surface area contributed by atoms with Gasteiger partial charge in [0.1, 0.15) is 11.4 Å². The SMILES string of the molecule is CC(O)(CO)CNC(=O)c1cc(O)ccc1N. The lowest BCUT2D eigenvalue weighted by Crippen LogP contribution is -2.43. The molecule has 0 radical (unpaired) electrons. The number of phenols is 1. The first-order valence-corrected chi connectivity index (χ1v) is 5.05. The van der Waals surface area contributed by atoms with Gasteiger partial charge in [0.2, 0.25) is 0 Å². The third-order valence-electron chi connectivity index (χ3n) is 2.25. The van der Waals surface area contributed by atoms with Gasteiger partial charge in [0.15, 0.2) is 0 Å². The summed E-state index contributed by atoms with van der Waals surface area (Å²) >= 11 is 0. The molecule has 1 aromatic rings. The molecule has 0 aliphatic heterocycles. The summed E-state index contributed by atoms with van der Waals surface area (Å²) in [7, 11) is 0. The van der Waals surface area contributed by atoms with Crippen LogP contribution >= 0.6 is 0 Å². The van der Waals surface area contributed by atoms with Crippen LogP contribution in [-0.2, 0) is 0 Å². The molecule has 0 bridgehead atoms. The number of aliphatic hydroxyl groups is 2. The Morgan fingerprint density at radius 1 is 1.53 bits per heavy atom. The summed E-state index contributed by atoms with van der Waals surface area (Å²) < 4.78 is 0. The molecule has 6 nitrogen and oxygen atoms in total. The van der Waals surface area contributed by atoms with E-state index in [4.69, 9.17) is 10.8 Å². The number of aliphatic hydroxyl groups excluding tert-OH is 1. The highest BCUT2D eigenvalue weighted by Gasteiger charge is 2.20. The number of nitrogens with two attached hydrogens (primary N) is 1. The second-order valence-corrected chi connectivity index (χ2v) is 4.11. The van der Waals surface area contributed by atoms with Gasteiger partial charge in [-0.1, -0.05) is 0 Å². The van der Waals surface area contributed by atoms with E-state index in [2.05, 4.69) is 5.32 Å². The molecule has 0 saturated carbocycles. The second kappa shape index (κ2) is 5.03. The van der Waals surface area contributed by atoms with E-state index >= 15 is 0 Å². The van der Waals surface area contributed by atoms with Crippen molar-refractivity contribution in [1.29, 1.82) is 0 Å². The number of amides is 1. The van der Waals surface area contributed by atoms with Crippen LogP contribution in [0.1, 0.15) is 17.3 Å². The van der Waals surface area contributed by atoms with Gasteiger partial charge in [0.05, 0.1) is 12.2 Å². The molecular formula is C11H16N2O4. The Kier molecular flexibility index (Phi) is 3.93. The van der Waals surface area contributed by atoms with E-state index in [9.17, 15) is 15.0 Å². The lowest BCUT2D eigenvalue weighted by molar-refractivity contribution is 0.00320. The van der Waals surface area contributed by atoms with Crippen molar-refractivity contribution >= 4 is 11.6 Å². The number of hydrogen-bond donors (Lipinski definition) is 5. The standard InChI is InChI=1S/C11H16N2O4/c1-11(17,6-14)5-13-10(16)8-4-7(15)2-3-9(8)12/h2-4,14-15,17H,5-6,12H2,1H3,(H,13,16). The fourth-order valence-corrected chi connectivity index (χ4v) is 1.16. The summed E-state index contributed by atoms with van der Waals surface area (Å²) in [6.07, 6.45) is 0. The third-order valence-corrected chi connectivity index (χ3v) is 2.25. The molecular weight excluding hydrogens is 224 g/mol. The third kappa shape index (κ3) is 3.61. The van der Waals surface area contributed by atoms with Crippen molar-refractivity contribution in [2.45, 2.75) is 12.5 Å². The summed E-state index contributed by atoms with van der Waals surface area (Å²) in [6, 6.07) is 4.02. The highest BCUT2D eigenvalue weighted by Crippen LogP contribution is 2.18. The van der Waals surface area contributed by atoms with Crippen molar-refractivity contribution in [2.75, 3.05) is 18.9 Å².